The molecule has 0 aliphatic heterocycles. The highest BCUT2D eigenvalue weighted by Gasteiger charge is 2.22. The Balaban J connectivity index is 1.52. The molecule has 41 heavy (non-hydrogen) atoms. The van der Waals surface area contributed by atoms with Crippen LogP contribution >= 0.6 is 0 Å². The van der Waals surface area contributed by atoms with Crippen molar-refractivity contribution >= 4 is 65.0 Å². The molecule has 0 spiro atoms. The van der Waals surface area contributed by atoms with Crippen LogP contribution in [-0.4, -0.2) is 0 Å². The van der Waals surface area contributed by atoms with Crippen molar-refractivity contribution in [2.45, 2.75) is 0 Å². The van der Waals surface area contributed by atoms with Crippen LogP contribution in [0.2, 0.25) is 0 Å². The summed E-state index contributed by atoms with van der Waals surface area (Å²) < 4.78 is 49.7. The van der Waals surface area contributed by atoms with Crippen molar-refractivity contribution in [1.82, 2.24) is 0 Å². The molecule has 0 atom stereocenters. The molecule has 190 valence electrons. The Morgan fingerprint density at radius 2 is 0.976 bits per heavy atom. The lowest BCUT2D eigenvalue weighted by molar-refractivity contribution is 0.676. The van der Waals surface area contributed by atoms with Gasteiger partial charge in [0.05, 0.1) is 6.85 Å². The smallest absolute Gasteiger partial charge is 0.143 e. The van der Waals surface area contributed by atoms with Gasteiger partial charge in [-0.2, -0.15) is 0 Å². The number of hydrogen-bond donors (Lipinski definition) is 0. The maximum absolute atomic E-state index is 8.89. The molecular weight excluding hydrogens is 496 g/mol. The first kappa shape index (κ1) is 18.0. The number of rotatable bonds is 2. The Hall–Kier alpha value is -5.40. The van der Waals surface area contributed by atoms with Crippen LogP contribution in [0.1, 0.15) is 6.85 Å². The number of furan rings is 1. The molecule has 0 aliphatic carbocycles. The van der Waals surface area contributed by atoms with Gasteiger partial charge >= 0.3 is 0 Å². The maximum atomic E-state index is 8.89. The molecular formula is C40H24O. The minimum Gasteiger partial charge on any atom is -0.455 e. The third-order valence-electron chi connectivity index (χ3n) is 8.31. The van der Waals surface area contributed by atoms with Crippen LogP contribution in [-0.2, 0) is 0 Å². The number of benzene rings is 8. The fourth-order valence-electron chi connectivity index (χ4n) is 6.60. The lowest BCUT2D eigenvalue weighted by atomic mass is 9.84. The van der Waals surface area contributed by atoms with Gasteiger partial charge in [-0.05, 0) is 66.7 Å². The molecule has 1 heteroatoms. The van der Waals surface area contributed by atoms with Crippen LogP contribution in [0.4, 0.5) is 0 Å². The quantitative estimate of drug-likeness (QED) is 0.205. The second-order valence-electron chi connectivity index (χ2n) is 10.5. The Bertz CT molecular complexity index is 2670. The van der Waals surface area contributed by atoms with E-state index in [1.165, 1.54) is 0 Å². The highest BCUT2D eigenvalue weighted by molar-refractivity contribution is 6.30. The Morgan fingerprint density at radius 3 is 1.63 bits per heavy atom. The zero-order chi connectivity index (χ0) is 31.3. The number of hydrogen-bond acceptors (Lipinski definition) is 1. The van der Waals surface area contributed by atoms with Crippen LogP contribution in [0, 0.1) is 0 Å². The number of fused-ring (bicyclic) bond motifs is 9. The highest BCUT2D eigenvalue weighted by atomic mass is 16.3. The largest absolute Gasteiger partial charge is 0.455 e. The molecule has 0 bridgehead atoms. The monoisotopic (exact) mass is 525 g/mol. The van der Waals surface area contributed by atoms with E-state index in [-0.39, 0.29) is 29.7 Å². The summed E-state index contributed by atoms with van der Waals surface area (Å²) in [5.74, 6) is 0. The second kappa shape index (κ2) is 8.55. The van der Waals surface area contributed by atoms with Crippen molar-refractivity contribution in [3.8, 4) is 22.3 Å². The maximum Gasteiger partial charge on any atom is 0.143 e. The Morgan fingerprint density at radius 1 is 0.439 bits per heavy atom. The van der Waals surface area contributed by atoms with Crippen LogP contribution in [0.3, 0.4) is 0 Å². The van der Waals surface area contributed by atoms with E-state index in [9.17, 15) is 0 Å². The summed E-state index contributed by atoms with van der Waals surface area (Å²) in [5, 5.41) is 9.77. The summed E-state index contributed by atoms with van der Waals surface area (Å²) in [6.07, 6.45) is 0. The molecule has 9 aromatic rings. The molecule has 1 heterocycles. The van der Waals surface area contributed by atoms with E-state index in [1.54, 1.807) is 0 Å². The Labute approximate surface area is 243 Å². The molecule has 0 saturated carbocycles. The predicted octanol–water partition coefficient (Wildman–Crippen LogP) is 11.5. The van der Waals surface area contributed by atoms with Gasteiger partial charge in [-0.3, -0.25) is 0 Å². The first-order valence-corrected chi connectivity index (χ1v) is 13.7. The van der Waals surface area contributed by atoms with Gasteiger partial charge in [0, 0.05) is 21.5 Å². The van der Waals surface area contributed by atoms with Gasteiger partial charge in [-0.25, -0.2) is 0 Å². The van der Waals surface area contributed by atoms with Crippen LogP contribution < -0.4 is 0 Å². The first-order valence-electron chi connectivity index (χ1n) is 16.2. The van der Waals surface area contributed by atoms with Gasteiger partial charge in [0.25, 0.3) is 0 Å². The van der Waals surface area contributed by atoms with Crippen molar-refractivity contribution in [3.63, 3.8) is 0 Å². The van der Waals surface area contributed by atoms with E-state index < -0.39 is 6.04 Å². The molecule has 0 fully saturated rings. The molecule has 0 N–H and O–H groups in total. The van der Waals surface area contributed by atoms with E-state index in [1.807, 2.05) is 60.7 Å². The van der Waals surface area contributed by atoms with Crippen LogP contribution in [0.15, 0.2) is 150 Å². The topological polar surface area (TPSA) is 13.1 Å². The van der Waals surface area contributed by atoms with E-state index >= 15 is 0 Å². The van der Waals surface area contributed by atoms with Gasteiger partial charge in [-0.15, -0.1) is 0 Å². The van der Waals surface area contributed by atoms with E-state index in [0.717, 1.165) is 76.2 Å². The molecule has 1 nitrogen and oxygen atoms in total. The van der Waals surface area contributed by atoms with E-state index in [0.29, 0.717) is 5.56 Å². The highest BCUT2D eigenvalue weighted by Crippen LogP contribution is 2.49. The summed E-state index contributed by atoms with van der Waals surface area (Å²) in [5.41, 5.74) is 4.52. The standard InChI is InChI=1S/C40H24O/c1-2-13-26(14-3-1)36-30-18-8-10-20-32(30)37(33-21-11-9-19-31(33)36)35-24-27-15-5-7-17-29(27)40-38(35)34-23-22-25-12-4-6-16-28(25)39(34)41-40/h1-24H/i1D,2D,3D,13D,14D. The molecule has 0 amide bonds. The summed E-state index contributed by atoms with van der Waals surface area (Å²) in [6.45, 7) is 0. The fourth-order valence-corrected chi connectivity index (χ4v) is 6.60. The van der Waals surface area contributed by atoms with Crippen molar-refractivity contribution < 1.29 is 11.3 Å². The lowest BCUT2D eigenvalue weighted by Gasteiger charge is -2.18. The van der Waals surface area contributed by atoms with Crippen molar-refractivity contribution in [2.75, 3.05) is 0 Å². The van der Waals surface area contributed by atoms with Gasteiger partial charge in [0.1, 0.15) is 11.2 Å². The average Bonchev–Trinajstić information content (AvgIpc) is 3.50. The fraction of sp³-hybridized carbons (Fsp3) is 0. The Kier molecular flexibility index (Phi) is 3.76. The van der Waals surface area contributed by atoms with Gasteiger partial charge in [0.2, 0.25) is 0 Å². The summed E-state index contributed by atoms with van der Waals surface area (Å²) in [7, 11) is 0. The molecule has 0 saturated heterocycles. The van der Waals surface area contributed by atoms with Gasteiger partial charge in [0.15, 0.2) is 0 Å². The predicted molar refractivity (Wildman–Crippen MR) is 175 cm³/mol. The minimum atomic E-state index is -0.401. The van der Waals surface area contributed by atoms with Crippen molar-refractivity contribution in [1.29, 1.82) is 0 Å². The molecule has 0 unspecified atom stereocenters. The molecule has 8 aromatic carbocycles. The second-order valence-corrected chi connectivity index (χ2v) is 10.5. The zero-order valence-electron chi connectivity index (χ0n) is 26.9. The summed E-state index contributed by atoms with van der Waals surface area (Å²) >= 11 is 0. The third-order valence-corrected chi connectivity index (χ3v) is 8.31. The van der Waals surface area contributed by atoms with Crippen molar-refractivity contribution in [2.24, 2.45) is 0 Å². The molecule has 0 aliphatic rings. The first-order chi connectivity index (χ1) is 22.4. The van der Waals surface area contributed by atoms with Crippen LogP contribution in [0.25, 0.3) is 87.3 Å². The molecule has 1 aromatic heterocycles. The molecule has 9 rings (SSSR count). The minimum absolute atomic E-state index is 0.203. The summed E-state index contributed by atoms with van der Waals surface area (Å²) in [4.78, 5) is 0. The van der Waals surface area contributed by atoms with E-state index in [4.69, 9.17) is 11.3 Å². The van der Waals surface area contributed by atoms with E-state index in [2.05, 4.69) is 54.6 Å². The third kappa shape index (κ3) is 3.18. The van der Waals surface area contributed by atoms with Gasteiger partial charge < -0.3 is 4.42 Å². The molecule has 0 radical (unpaired) electrons. The average molecular weight is 526 g/mol. The van der Waals surface area contributed by atoms with Crippen molar-refractivity contribution in [3.05, 3.63) is 145 Å². The normalized spacial score (nSPS) is 13.6. The lowest BCUT2D eigenvalue weighted by Crippen LogP contribution is -1.91. The zero-order valence-corrected chi connectivity index (χ0v) is 21.9. The SMILES string of the molecule is [2H]c1c([2H])c([2H])c(-c2c3ccccc3c(-c3cc4ccccc4c4oc5c6ccccc6ccc5c34)c3ccccc23)c([2H])c1[2H]. The summed E-state index contributed by atoms with van der Waals surface area (Å²) in [6, 6.07) is 37.5. The van der Waals surface area contributed by atoms with Gasteiger partial charge in [-0.1, -0.05) is 133 Å². The van der Waals surface area contributed by atoms with Crippen LogP contribution in [0.5, 0.6) is 0 Å².